The smallest absolute Gasteiger partial charge is 0.306 e. The molecule has 13 heteroatoms. The maximum Gasteiger partial charge on any atom is 0.306 e. The van der Waals surface area contributed by atoms with Crippen LogP contribution in [0.4, 0.5) is 5.69 Å². The fourth-order valence-electron chi connectivity index (χ4n) is 7.42. The van der Waals surface area contributed by atoms with Gasteiger partial charge in [0.25, 0.3) is 5.91 Å². The minimum absolute atomic E-state index is 0.0757. The number of ketones is 1. The number of likely N-dealkylation sites (tertiary alicyclic amines) is 2. The van der Waals surface area contributed by atoms with Crippen LogP contribution < -0.4 is 5.32 Å². The van der Waals surface area contributed by atoms with Gasteiger partial charge in [0.2, 0.25) is 5.85 Å². The van der Waals surface area contributed by atoms with Crippen LogP contribution in [0.3, 0.4) is 0 Å². The van der Waals surface area contributed by atoms with Crippen LogP contribution in [0.5, 0.6) is 0 Å². The molecule has 3 aliphatic heterocycles. The van der Waals surface area contributed by atoms with Gasteiger partial charge in [-0.2, -0.15) is 0 Å². The van der Waals surface area contributed by atoms with E-state index in [0.717, 1.165) is 12.8 Å². The molecule has 0 spiro atoms. The van der Waals surface area contributed by atoms with Crippen molar-refractivity contribution in [1.82, 2.24) is 9.80 Å². The molecule has 4 heterocycles. The van der Waals surface area contributed by atoms with E-state index >= 15 is 0 Å². The number of benzene rings is 2. The van der Waals surface area contributed by atoms with E-state index in [1.807, 2.05) is 17.0 Å². The average molecular weight is 687 g/mol. The fraction of sp³-hybridized carbons (Fsp3) is 0.500. The predicted octanol–water partition coefficient (Wildman–Crippen LogP) is 5.57. The van der Waals surface area contributed by atoms with Gasteiger partial charge in [-0.3, -0.25) is 24.2 Å². The molecular formula is C34H37Cl2N3O8. The molecule has 47 heavy (non-hydrogen) atoms. The van der Waals surface area contributed by atoms with Gasteiger partial charge >= 0.3 is 5.97 Å². The van der Waals surface area contributed by atoms with Gasteiger partial charge in [-0.15, -0.1) is 0 Å². The third kappa shape index (κ3) is 6.30. The monoisotopic (exact) mass is 685 g/mol. The standard InChI is InChI=1S/C34H37Cl2N3O8/c35-25-15-27(37-32(41)24-18-44-28-6-2-1-5-23(24)28)26(36)13-21(25)14-31(40)34(38-11-3-4-12-38,39-16-29-30(17-39)46-19-45-29)47-22-9-7-20(8-10-22)33(42)43/h1-2,5-6,13,15,18,20,22,29-30H,3-4,7-12,14,16-17,19H2,(H,37,41)(H,42,43)/t20?,22?,29-,30+,34?. The lowest BCUT2D eigenvalue weighted by molar-refractivity contribution is -0.255. The van der Waals surface area contributed by atoms with Crippen molar-refractivity contribution in [2.75, 3.05) is 38.3 Å². The molecule has 2 N–H and O–H groups in total. The molecule has 3 atom stereocenters. The molecule has 1 saturated carbocycles. The molecule has 3 saturated heterocycles. The Kier molecular flexibility index (Phi) is 9.32. The van der Waals surface area contributed by atoms with E-state index in [1.165, 1.54) is 6.26 Å². The van der Waals surface area contributed by atoms with Crippen molar-refractivity contribution in [3.63, 3.8) is 0 Å². The van der Waals surface area contributed by atoms with E-state index in [9.17, 15) is 19.5 Å². The van der Waals surface area contributed by atoms with Crippen molar-refractivity contribution in [1.29, 1.82) is 0 Å². The summed E-state index contributed by atoms with van der Waals surface area (Å²) in [6.07, 6.45) is 4.58. The number of amides is 1. The minimum Gasteiger partial charge on any atom is -0.481 e. The zero-order valence-corrected chi connectivity index (χ0v) is 27.3. The molecule has 7 rings (SSSR count). The quantitative estimate of drug-likeness (QED) is 0.279. The summed E-state index contributed by atoms with van der Waals surface area (Å²) in [5, 5.41) is 13.6. The number of carbonyl (C=O) groups is 3. The van der Waals surface area contributed by atoms with Gasteiger partial charge in [0.1, 0.15) is 30.8 Å². The summed E-state index contributed by atoms with van der Waals surface area (Å²) in [6, 6.07) is 10.4. The Hall–Kier alpha value is -3.03. The largest absolute Gasteiger partial charge is 0.481 e. The van der Waals surface area contributed by atoms with Crippen LogP contribution in [0.25, 0.3) is 11.0 Å². The van der Waals surface area contributed by atoms with Crippen molar-refractivity contribution >= 4 is 57.5 Å². The van der Waals surface area contributed by atoms with Gasteiger partial charge in [0.05, 0.1) is 28.3 Å². The molecule has 0 bridgehead atoms. The van der Waals surface area contributed by atoms with Gasteiger partial charge in [0, 0.05) is 43.0 Å². The number of rotatable bonds is 10. The van der Waals surface area contributed by atoms with Gasteiger partial charge < -0.3 is 29.1 Å². The molecule has 2 aromatic carbocycles. The fourth-order valence-corrected chi connectivity index (χ4v) is 7.89. The first kappa shape index (κ1) is 32.5. The second kappa shape index (κ2) is 13.5. The van der Waals surface area contributed by atoms with Crippen molar-refractivity contribution in [3.05, 3.63) is 63.8 Å². The van der Waals surface area contributed by atoms with Gasteiger partial charge in [-0.05, 0) is 62.3 Å². The van der Waals surface area contributed by atoms with Gasteiger partial charge in [-0.1, -0.05) is 41.4 Å². The topological polar surface area (TPSA) is 131 Å². The zero-order chi connectivity index (χ0) is 32.7. The number of aliphatic carboxylic acids is 1. The highest BCUT2D eigenvalue weighted by atomic mass is 35.5. The molecule has 4 fully saturated rings. The van der Waals surface area contributed by atoms with Crippen molar-refractivity contribution in [2.45, 2.75) is 69.1 Å². The normalized spacial score (nSPS) is 26.3. The number of hydrogen-bond acceptors (Lipinski definition) is 9. The first-order valence-electron chi connectivity index (χ1n) is 16.2. The van der Waals surface area contributed by atoms with E-state index < -0.39 is 23.6 Å². The molecule has 0 radical (unpaired) electrons. The number of carboxylic acids is 1. The molecule has 4 aliphatic rings. The maximum atomic E-state index is 14.8. The van der Waals surface area contributed by atoms with Crippen molar-refractivity contribution in [3.8, 4) is 0 Å². The molecule has 1 amide bonds. The summed E-state index contributed by atoms with van der Waals surface area (Å²) < 4.78 is 24.1. The van der Waals surface area contributed by atoms with E-state index in [1.54, 1.807) is 24.3 Å². The van der Waals surface area contributed by atoms with Crippen molar-refractivity contribution < 1.29 is 38.1 Å². The number of carbonyl (C=O) groups excluding carboxylic acids is 2. The number of para-hydroxylation sites is 1. The molecule has 11 nitrogen and oxygen atoms in total. The summed E-state index contributed by atoms with van der Waals surface area (Å²) in [4.78, 5) is 43.8. The van der Waals surface area contributed by atoms with Gasteiger partial charge in [0.15, 0.2) is 5.78 Å². The predicted molar refractivity (Wildman–Crippen MR) is 174 cm³/mol. The Morgan fingerprint density at radius 1 is 0.957 bits per heavy atom. The number of halogens is 2. The highest BCUT2D eigenvalue weighted by Crippen LogP contribution is 2.40. The lowest BCUT2D eigenvalue weighted by atomic mass is 9.87. The van der Waals surface area contributed by atoms with Crippen LogP contribution in [0.1, 0.15) is 54.4 Å². The Labute approximate surface area is 282 Å². The van der Waals surface area contributed by atoms with Crippen molar-refractivity contribution in [2.24, 2.45) is 5.92 Å². The molecule has 250 valence electrons. The van der Waals surface area contributed by atoms with Crippen LogP contribution in [0.2, 0.25) is 10.0 Å². The second-order valence-corrected chi connectivity index (χ2v) is 13.6. The Bertz CT molecular complexity index is 1660. The first-order chi connectivity index (χ1) is 22.7. The van der Waals surface area contributed by atoms with E-state index in [0.29, 0.717) is 79.6 Å². The van der Waals surface area contributed by atoms with E-state index in [2.05, 4.69) is 10.2 Å². The van der Waals surface area contributed by atoms with Crippen LogP contribution in [0.15, 0.2) is 47.1 Å². The third-order valence-electron chi connectivity index (χ3n) is 9.92. The van der Waals surface area contributed by atoms with Crippen LogP contribution in [0, 0.1) is 5.92 Å². The highest BCUT2D eigenvalue weighted by Gasteiger charge is 2.57. The molecule has 3 aromatic rings. The minimum atomic E-state index is -1.42. The van der Waals surface area contributed by atoms with E-state index in [4.69, 9.17) is 41.8 Å². The average Bonchev–Trinajstić information content (AvgIpc) is 3.87. The van der Waals surface area contributed by atoms with Crippen LogP contribution in [-0.4, -0.2) is 89.7 Å². The number of anilines is 1. The van der Waals surface area contributed by atoms with Crippen LogP contribution in [-0.2, 0) is 30.2 Å². The highest BCUT2D eigenvalue weighted by molar-refractivity contribution is 6.36. The Morgan fingerprint density at radius 2 is 1.66 bits per heavy atom. The number of Topliss-reactive ketones (excluding diaryl/α,β-unsaturated/α-hetero) is 1. The zero-order valence-electron chi connectivity index (χ0n) is 25.8. The summed E-state index contributed by atoms with van der Waals surface area (Å²) in [6.45, 7) is 2.48. The summed E-state index contributed by atoms with van der Waals surface area (Å²) in [5.41, 5.74) is 1.76. The second-order valence-electron chi connectivity index (χ2n) is 12.8. The number of nitrogens with zero attached hydrogens (tertiary/aromatic N) is 2. The van der Waals surface area contributed by atoms with Gasteiger partial charge in [-0.25, -0.2) is 0 Å². The Morgan fingerprint density at radius 3 is 2.36 bits per heavy atom. The maximum absolute atomic E-state index is 14.8. The number of hydrogen-bond donors (Lipinski definition) is 2. The lowest BCUT2D eigenvalue weighted by Gasteiger charge is -2.48. The molecule has 1 aliphatic carbocycles. The molecule has 1 unspecified atom stereocenters. The molecular weight excluding hydrogens is 649 g/mol. The number of nitrogens with one attached hydrogen (secondary N) is 1. The summed E-state index contributed by atoms with van der Waals surface area (Å²) in [5.74, 6) is -3.22. The lowest BCUT2D eigenvalue weighted by Crippen LogP contribution is -2.68. The first-order valence-corrected chi connectivity index (χ1v) is 16.9. The van der Waals surface area contributed by atoms with Crippen LogP contribution >= 0.6 is 23.2 Å². The molecule has 1 aromatic heterocycles. The third-order valence-corrected chi connectivity index (χ3v) is 10.6. The van der Waals surface area contributed by atoms with E-state index in [-0.39, 0.29) is 47.4 Å². The SMILES string of the molecule is O=C(Nc1cc(Cl)c(CC(=O)C(OC2CCC(C(=O)O)CC2)(N2CCCC2)N2C[C@@H]3OCO[C@@H]3C2)cc1Cl)c1coc2ccccc12. The summed E-state index contributed by atoms with van der Waals surface area (Å²) in [7, 11) is 0. The number of fused-ring (bicyclic) bond motifs is 2. The number of ether oxygens (including phenoxy) is 3. The number of furan rings is 1. The number of carboxylic acid groups (broad SMARTS) is 1. The summed E-state index contributed by atoms with van der Waals surface area (Å²) >= 11 is 13.5. The Balaban J connectivity index is 1.16.